The molecule has 2 bridgehead atoms. The van der Waals surface area contributed by atoms with E-state index in [-0.39, 0.29) is 18.3 Å². The van der Waals surface area contributed by atoms with Gasteiger partial charge in [0.05, 0.1) is 11.2 Å². The van der Waals surface area contributed by atoms with Crippen molar-refractivity contribution in [3.63, 3.8) is 0 Å². The van der Waals surface area contributed by atoms with E-state index in [9.17, 15) is 0 Å². The average molecular weight is 264 g/mol. The van der Waals surface area contributed by atoms with Crippen molar-refractivity contribution in [3.05, 3.63) is 0 Å². The highest BCUT2D eigenvalue weighted by Gasteiger charge is 2.57. The van der Waals surface area contributed by atoms with E-state index in [0.29, 0.717) is 5.41 Å². The fraction of sp³-hybridized carbons (Fsp3) is 1.00. The zero-order valence-electron chi connectivity index (χ0n) is 13.5. The van der Waals surface area contributed by atoms with Gasteiger partial charge in [0.15, 0.2) is 0 Å². The van der Waals surface area contributed by atoms with E-state index in [2.05, 4.69) is 41.5 Å². The summed E-state index contributed by atoms with van der Waals surface area (Å²) in [5.41, 5.74) is 0.116. The Morgan fingerprint density at radius 1 is 0.947 bits per heavy atom. The quantitative estimate of drug-likeness (QED) is 0.697. The molecule has 0 aromatic heterocycles. The molecule has 0 N–H and O–H groups in total. The van der Waals surface area contributed by atoms with Crippen LogP contribution < -0.4 is 0 Å². The summed E-state index contributed by atoms with van der Waals surface area (Å²) in [4.78, 5) is 0. The molecule has 3 heteroatoms. The Labute approximate surface area is 118 Å². The van der Waals surface area contributed by atoms with Crippen LogP contribution in [-0.2, 0) is 9.31 Å². The van der Waals surface area contributed by atoms with Gasteiger partial charge in [0.25, 0.3) is 0 Å². The van der Waals surface area contributed by atoms with Gasteiger partial charge < -0.3 is 9.31 Å². The van der Waals surface area contributed by atoms with Gasteiger partial charge in [-0.15, -0.1) is 0 Å². The van der Waals surface area contributed by atoms with Crippen LogP contribution in [0, 0.1) is 23.2 Å². The average Bonchev–Trinajstić information content (AvgIpc) is 2.84. The highest BCUT2D eigenvalue weighted by Crippen LogP contribution is 2.61. The van der Waals surface area contributed by atoms with E-state index in [1.807, 2.05) is 0 Å². The Kier molecular flexibility index (Phi) is 2.94. The summed E-state index contributed by atoms with van der Waals surface area (Å²) in [6, 6.07) is 0. The lowest BCUT2D eigenvalue weighted by molar-refractivity contribution is 0.00578. The van der Waals surface area contributed by atoms with Gasteiger partial charge in [0.2, 0.25) is 0 Å². The maximum absolute atomic E-state index is 6.20. The van der Waals surface area contributed by atoms with Crippen LogP contribution in [-0.4, -0.2) is 18.3 Å². The van der Waals surface area contributed by atoms with Crippen molar-refractivity contribution in [3.8, 4) is 0 Å². The Bertz CT molecular complexity index is 359. The minimum Gasteiger partial charge on any atom is -0.403 e. The van der Waals surface area contributed by atoms with Gasteiger partial charge in [-0.1, -0.05) is 13.8 Å². The van der Waals surface area contributed by atoms with Gasteiger partial charge in [0.1, 0.15) is 0 Å². The summed E-state index contributed by atoms with van der Waals surface area (Å²) in [6.45, 7) is 13.5. The van der Waals surface area contributed by atoms with Crippen LogP contribution in [0.25, 0.3) is 0 Å². The Balaban J connectivity index is 1.71. The Morgan fingerprint density at radius 3 is 2.00 bits per heavy atom. The van der Waals surface area contributed by atoms with Crippen molar-refractivity contribution < 1.29 is 9.31 Å². The van der Waals surface area contributed by atoms with Crippen LogP contribution in [0.2, 0.25) is 6.32 Å². The zero-order valence-corrected chi connectivity index (χ0v) is 13.5. The molecule has 0 aromatic carbocycles. The molecule has 1 aliphatic heterocycles. The molecule has 2 saturated carbocycles. The first-order chi connectivity index (χ1) is 8.63. The monoisotopic (exact) mass is 264 g/mol. The molecule has 0 spiro atoms. The first-order valence-corrected chi connectivity index (χ1v) is 7.99. The van der Waals surface area contributed by atoms with E-state index in [1.165, 1.54) is 19.3 Å². The summed E-state index contributed by atoms with van der Waals surface area (Å²) >= 11 is 0. The molecule has 0 radical (unpaired) electrons. The molecule has 108 valence electrons. The molecule has 3 aliphatic rings. The van der Waals surface area contributed by atoms with E-state index in [4.69, 9.17) is 9.31 Å². The third-order valence-corrected chi connectivity index (χ3v) is 6.80. The molecule has 3 atom stereocenters. The van der Waals surface area contributed by atoms with Crippen LogP contribution >= 0.6 is 0 Å². The summed E-state index contributed by atoms with van der Waals surface area (Å²) < 4.78 is 12.4. The van der Waals surface area contributed by atoms with Crippen LogP contribution in [0.5, 0.6) is 0 Å². The molecule has 0 aromatic rings. The highest BCUT2D eigenvalue weighted by molar-refractivity contribution is 6.45. The fourth-order valence-corrected chi connectivity index (χ4v) is 4.73. The molecule has 2 aliphatic carbocycles. The largest absolute Gasteiger partial charge is 0.458 e. The molecular formula is C16H29BO2. The number of hydrogen-bond acceptors (Lipinski definition) is 2. The third-order valence-electron chi connectivity index (χ3n) is 6.80. The van der Waals surface area contributed by atoms with Gasteiger partial charge in [-0.05, 0) is 76.4 Å². The second-order valence-electron chi connectivity index (χ2n) is 8.62. The highest BCUT2D eigenvalue weighted by atomic mass is 16.7. The topological polar surface area (TPSA) is 18.5 Å². The van der Waals surface area contributed by atoms with Crippen molar-refractivity contribution >= 4 is 7.12 Å². The number of rotatable bonds is 2. The summed E-state index contributed by atoms with van der Waals surface area (Å²) in [6.07, 6.45) is 5.40. The van der Waals surface area contributed by atoms with Crippen LogP contribution in [0.4, 0.5) is 0 Å². The molecule has 3 fully saturated rings. The molecular weight excluding hydrogens is 235 g/mol. The van der Waals surface area contributed by atoms with Crippen molar-refractivity contribution in [2.45, 2.75) is 78.3 Å². The van der Waals surface area contributed by atoms with Gasteiger partial charge in [-0.2, -0.15) is 0 Å². The molecule has 2 nitrogen and oxygen atoms in total. The molecule has 1 heterocycles. The number of hydrogen-bond donors (Lipinski definition) is 0. The van der Waals surface area contributed by atoms with Crippen molar-refractivity contribution in [1.82, 2.24) is 0 Å². The maximum Gasteiger partial charge on any atom is 0.458 e. The van der Waals surface area contributed by atoms with Crippen molar-refractivity contribution in [2.24, 2.45) is 23.2 Å². The predicted molar refractivity (Wildman–Crippen MR) is 79.0 cm³/mol. The fourth-order valence-electron chi connectivity index (χ4n) is 4.73. The smallest absolute Gasteiger partial charge is 0.403 e. The number of fused-ring (bicyclic) bond motifs is 2. The van der Waals surface area contributed by atoms with Gasteiger partial charge in [-0.3, -0.25) is 0 Å². The second kappa shape index (κ2) is 4.01. The molecule has 19 heavy (non-hydrogen) atoms. The normalized spacial score (nSPS) is 42.0. The minimum atomic E-state index is -0.181. The lowest BCUT2D eigenvalue weighted by atomic mass is 9.61. The van der Waals surface area contributed by atoms with E-state index < -0.39 is 0 Å². The van der Waals surface area contributed by atoms with Gasteiger partial charge >= 0.3 is 7.12 Å². The van der Waals surface area contributed by atoms with E-state index in [1.54, 1.807) is 0 Å². The van der Waals surface area contributed by atoms with Crippen LogP contribution in [0.3, 0.4) is 0 Å². The van der Waals surface area contributed by atoms with E-state index in [0.717, 1.165) is 24.1 Å². The molecule has 1 saturated heterocycles. The minimum absolute atomic E-state index is 0.00590. The first-order valence-electron chi connectivity index (χ1n) is 7.99. The summed E-state index contributed by atoms with van der Waals surface area (Å²) in [7, 11) is -0.00590. The second-order valence-corrected chi connectivity index (χ2v) is 8.62. The van der Waals surface area contributed by atoms with Gasteiger partial charge in [0, 0.05) is 0 Å². The molecule has 0 amide bonds. The first kappa shape index (κ1) is 13.9. The maximum atomic E-state index is 6.20. The van der Waals surface area contributed by atoms with Crippen molar-refractivity contribution in [1.29, 1.82) is 0 Å². The molecule has 0 unspecified atom stereocenters. The molecule has 3 rings (SSSR count). The lowest BCUT2D eigenvalue weighted by Crippen LogP contribution is -2.41. The van der Waals surface area contributed by atoms with Crippen molar-refractivity contribution in [2.75, 3.05) is 0 Å². The summed E-state index contributed by atoms with van der Waals surface area (Å²) in [5, 5.41) is 0. The predicted octanol–water partition coefficient (Wildman–Crippen LogP) is 4.15. The lowest BCUT2D eigenvalue weighted by Gasteiger charge is -2.38. The van der Waals surface area contributed by atoms with Crippen LogP contribution in [0.15, 0.2) is 0 Å². The Morgan fingerprint density at radius 2 is 1.53 bits per heavy atom. The Hall–Kier alpha value is -0.0151. The van der Waals surface area contributed by atoms with Gasteiger partial charge in [-0.25, -0.2) is 0 Å². The third kappa shape index (κ3) is 2.00. The zero-order chi connectivity index (χ0) is 14.1. The van der Waals surface area contributed by atoms with E-state index >= 15 is 0 Å². The SMILES string of the molecule is CC1(C)[C@H]2CC[C@H](C2)[C@@H]1CB1OC(C)(C)C(C)(C)O1. The van der Waals surface area contributed by atoms with Crippen LogP contribution in [0.1, 0.15) is 60.8 Å². The standard InChI is InChI=1S/C16H29BO2/c1-14(2)12-8-7-11(9-12)13(14)10-17-18-15(3,4)16(5,6)19-17/h11-13H,7-10H2,1-6H3/t11-,12+,13+/m1/s1. The summed E-state index contributed by atoms with van der Waals surface area (Å²) in [5.74, 6) is 2.63.